The molecule has 0 aromatic heterocycles. The summed E-state index contributed by atoms with van der Waals surface area (Å²) in [5, 5.41) is 0. The molecular formula is C14H35NO5S. The van der Waals surface area contributed by atoms with Gasteiger partial charge in [0, 0.05) is 13.2 Å². The molecule has 0 saturated carbocycles. The monoisotopic (exact) mass is 329 g/mol. The Morgan fingerprint density at radius 3 is 1.43 bits per heavy atom. The van der Waals surface area contributed by atoms with Crippen molar-refractivity contribution in [1.82, 2.24) is 6.15 Å². The molecule has 0 aliphatic rings. The minimum absolute atomic E-state index is 0. The van der Waals surface area contributed by atoms with Gasteiger partial charge in [-0.15, -0.1) is 0 Å². The van der Waals surface area contributed by atoms with Gasteiger partial charge in [0.1, 0.15) is 0 Å². The third kappa shape index (κ3) is 45.1. The van der Waals surface area contributed by atoms with Gasteiger partial charge in [-0.05, 0) is 13.3 Å². The molecule has 7 heteroatoms. The highest BCUT2D eigenvalue weighted by atomic mass is 32.3. The third-order valence-electron chi connectivity index (χ3n) is 2.85. The molecule has 0 rings (SSSR count). The second-order valence-electron chi connectivity index (χ2n) is 4.83. The van der Waals surface area contributed by atoms with Gasteiger partial charge in [0.15, 0.2) is 0 Å². The molecule has 21 heavy (non-hydrogen) atoms. The van der Waals surface area contributed by atoms with E-state index in [4.69, 9.17) is 22.3 Å². The third-order valence-corrected chi connectivity index (χ3v) is 2.85. The number of rotatable bonds is 12. The maximum Gasteiger partial charge on any atom is 0.394 e. The van der Waals surface area contributed by atoms with Gasteiger partial charge in [-0.25, -0.2) is 0 Å². The van der Waals surface area contributed by atoms with Crippen LogP contribution in [0.3, 0.4) is 0 Å². The summed E-state index contributed by atoms with van der Waals surface area (Å²) in [6.45, 7) is 6.18. The molecule has 0 saturated heterocycles. The Morgan fingerprint density at radius 2 is 1.10 bits per heavy atom. The predicted molar refractivity (Wildman–Crippen MR) is 87.5 cm³/mol. The minimum atomic E-state index is -4.67. The quantitative estimate of drug-likeness (QED) is 0.359. The van der Waals surface area contributed by atoms with E-state index in [1.807, 2.05) is 0 Å². The summed E-state index contributed by atoms with van der Waals surface area (Å²) < 4.78 is 36.9. The van der Waals surface area contributed by atoms with Gasteiger partial charge in [0.2, 0.25) is 0 Å². The fraction of sp³-hybridized carbons (Fsp3) is 1.00. The number of unbranched alkanes of at least 4 members (excludes halogenated alkanes) is 9. The second kappa shape index (κ2) is 19.8. The molecule has 0 spiro atoms. The average Bonchev–Trinajstić information content (AvgIpc) is 2.34. The van der Waals surface area contributed by atoms with Crippen molar-refractivity contribution in [2.75, 3.05) is 13.2 Å². The maximum atomic E-state index is 8.74. The summed E-state index contributed by atoms with van der Waals surface area (Å²) in [4.78, 5) is 0. The van der Waals surface area contributed by atoms with Crippen LogP contribution in [0.1, 0.15) is 78.1 Å². The Bertz CT molecular complexity index is 251. The van der Waals surface area contributed by atoms with Crippen molar-refractivity contribution in [3.8, 4) is 0 Å². The van der Waals surface area contributed by atoms with Crippen LogP contribution in [0.5, 0.6) is 0 Å². The summed E-state index contributed by atoms with van der Waals surface area (Å²) in [5.41, 5.74) is 0. The van der Waals surface area contributed by atoms with Crippen LogP contribution >= 0.6 is 0 Å². The van der Waals surface area contributed by atoms with Gasteiger partial charge in [0.25, 0.3) is 0 Å². The van der Waals surface area contributed by atoms with Crippen molar-refractivity contribution in [2.45, 2.75) is 78.1 Å². The van der Waals surface area contributed by atoms with Crippen LogP contribution in [-0.4, -0.2) is 30.7 Å². The maximum absolute atomic E-state index is 8.74. The molecule has 0 fully saturated rings. The first kappa shape index (κ1) is 25.7. The van der Waals surface area contributed by atoms with Gasteiger partial charge in [-0.1, -0.05) is 64.7 Å². The van der Waals surface area contributed by atoms with E-state index in [0.29, 0.717) is 0 Å². The molecule has 5 N–H and O–H groups in total. The predicted octanol–water partition coefficient (Wildman–Crippen LogP) is 4.45. The molecule has 0 aromatic carbocycles. The molecule has 132 valence electrons. The molecule has 0 aliphatic carbocycles. The molecule has 0 aromatic rings. The fourth-order valence-corrected chi connectivity index (χ4v) is 1.84. The zero-order valence-corrected chi connectivity index (χ0v) is 14.5. The van der Waals surface area contributed by atoms with E-state index in [1.54, 1.807) is 0 Å². The van der Waals surface area contributed by atoms with Gasteiger partial charge in [-0.2, -0.15) is 8.42 Å². The summed E-state index contributed by atoms with van der Waals surface area (Å²) in [5.74, 6) is 0. The Morgan fingerprint density at radius 1 is 0.762 bits per heavy atom. The van der Waals surface area contributed by atoms with E-state index < -0.39 is 10.4 Å². The van der Waals surface area contributed by atoms with Crippen LogP contribution in [0.25, 0.3) is 0 Å². The van der Waals surface area contributed by atoms with Crippen molar-refractivity contribution in [3.63, 3.8) is 0 Å². The summed E-state index contributed by atoms with van der Waals surface area (Å²) in [6, 6.07) is 0. The van der Waals surface area contributed by atoms with E-state index in [0.717, 1.165) is 13.2 Å². The standard InChI is InChI=1S/C14H30O.H3N.H2O4S/c1-3-5-6-7-8-9-10-11-12-13-14-15-4-2;;1-5(2,3)4/h3-14H2,1-2H3;1H3;(H2,1,2,3,4). The number of ether oxygens (including phenoxy) is 1. The SMILES string of the molecule is CCCCCCCCCCCCOCC.N.O=S(=O)(O)O. The second-order valence-corrected chi connectivity index (χ2v) is 5.72. The summed E-state index contributed by atoms with van der Waals surface area (Å²) >= 11 is 0. The van der Waals surface area contributed by atoms with Crippen LogP contribution in [0.4, 0.5) is 0 Å². The first-order chi connectivity index (χ1) is 9.41. The zero-order valence-electron chi connectivity index (χ0n) is 13.7. The molecule has 0 unspecified atom stereocenters. The lowest BCUT2D eigenvalue weighted by Crippen LogP contribution is -1.92. The van der Waals surface area contributed by atoms with Crippen LogP contribution < -0.4 is 6.15 Å². The highest BCUT2D eigenvalue weighted by Gasteiger charge is 1.92. The topological polar surface area (TPSA) is 119 Å². The van der Waals surface area contributed by atoms with Crippen molar-refractivity contribution in [1.29, 1.82) is 0 Å². The molecule has 0 heterocycles. The van der Waals surface area contributed by atoms with Gasteiger partial charge >= 0.3 is 10.4 Å². The van der Waals surface area contributed by atoms with E-state index in [9.17, 15) is 0 Å². The van der Waals surface area contributed by atoms with Crippen LogP contribution in [0, 0.1) is 0 Å². The van der Waals surface area contributed by atoms with E-state index >= 15 is 0 Å². The molecular weight excluding hydrogens is 294 g/mol. The highest BCUT2D eigenvalue weighted by Crippen LogP contribution is 2.10. The number of hydrogen-bond acceptors (Lipinski definition) is 4. The van der Waals surface area contributed by atoms with E-state index in [-0.39, 0.29) is 6.15 Å². The lowest BCUT2D eigenvalue weighted by atomic mass is 10.1. The first-order valence-electron chi connectivity index (χ1n) is 7.69. The molecule has 0 radical (unpaired) electrons. The summed E-state index contributed by atoms with van der Waals surface area (Å²) in [7, 11) is -4.67. The Hall–Kier alpha value is -0.210. The normalized spacial score (nSPS) is 10.5. The molecule has 0 atom stereocenters. The molecule has 0 amide bonds. The van der Waals surface area contributed by atoms with Crippen molar-refractivity contribution >= 4 is 10.4 Å². The molecule has 6 nitrogen and oxygen atoms in total. The Balaban J connectivity index is -0.000000465. The van der Waals surface area contributed by atoms with Gasteiger partial charge in [-0.3, -0.25) is 9.11 Å². The lowest BCUT2D eigenvalue weighted by Gasteiger charge is -2.02. The smallest absolute Gasteiger partial charge is 0.382 e. The largest absolute Gasteiger partial charge is 0.394 e. The van der Waals surface area contributed by atoms with Crippen LogP contribution in [0.15, 0.2) is 0 Å². The van der Waals surface area contributed by atoms with E-state index in [1.165, 1.54) is 64.2 Å². The van der Waals surface area contributed by atoms with Gasteiger partial charge in [0.05, 0.1) is 0 Å². The number of hydrogen-bond donors (Lipinski definition) is 3. The van der Waals surface area contributed by atoms with Crippen molar-refractivity contribution in [3.05, 3.63) is 0 Å². The lowest BCUT2D eigenvalue weighted by molar-refractivity contribution is 0.143. The summed E-state index contributed by atoms with van der Waals surface area (Å²) in [6.07, 6.45) is 14.0. The van der Waals surface area contributed by atoms with Crippen molar-refractivity contribution in [2.24, 2.45) is 0 Å². The average molecular weight is 330 g/mol. The first-order valence-corrected chi connectivity index (χ1v) is 9.09. The molecule has 0 aliphatic heterocycles. The van der Waals surface area contributed by atoms with Crippen LogP contribution in [-0.2, 0) is 15.1 Å². The zero-order chi connectivity index (χ0) is 15.7. The molecule has 0 bridgehead atoms. The van der Waals surface area contributed by atoms with Crippen molar-refractivity contribution < 1.29 is 22.3 Å². The Kier molecular flexibility index (Phi) is 24.2. The van der Waals surface area contributed by atoms with Crippen LogP contribution in [0.2, 0.25) is 0 Å². The minimum Gasteiger partial charge on any atom is -0.382 e. The fourth-order valence-electron chi connectivity index (χ4n) is 1.84. The Labute approximate surface area is 130 Å². The highest BCUT2D eigenvalue weighted by molar-refractivity contribution is 7.79. The van der Waals surface area contributed by atoms with Gasteiger partial charge < -0.3 is 10.9 Å². The van der Waals surface area contributed by atoms with E-state index in [2.05, 4.69) is 13.8 Å².